The van der Waals surface area contributed by atoms with Gasteiger partial charge in [0.15, 0.2) is 0 Å². The molecule has 0 aromatic heterocycles. The molecule has 0 bridgehead atoms. The first-order chi connectivity index (χ1) is 9.63. The van der Waals surface area contributed by atoms with Crippen LogP contribution in [0.2, 0.25) is 0 Å². The summed E-state index contributed by atoms with van der Waals surface area (Å²) in [5, 5.41) is 3.44. The highest BCUT2D eigenvalue weighted by Crippen LogP contribution is 2.28. The third-order valence-electron chi connectivity index (χ3n) is 3.70. The van der Waals surface area contributed by atoms with Gasteiger partial charge >= 0.3 is 0 Å². The van der Waals surface area contributed by atoms with Crippen LogP contribution in [-0.2, 0) is 6.54 Å². The molecule has 0 heterocycles. The van der Waals surface area contributed by atoms with E-state index in [9.17, 15) is 8.78 Å². The number of hydrogen-bond acceptors (Lipinski definition) is 1. The van der Waals surface area contributed by atoms with Crippen LogP contribution >= 0.6 is 0 Å². The second kappa shape index (κ2) is 5.33. The lowest BCUT2D eigenvalue weighted by atomic mass is 9.97. The second-order valence-electron chi connectivity index (χ2n) is 5.43. The molecule has 0 radical (unpaired) electrons. The van der Waals surface area contributed by atoms with Crippen LogP contribution in [0.3, 0.4) is 0 Å². The molecule has 0 aliphatic heterocycles. The molecule has 1 aliphatic carbocycles. The Morgan fingerprint density at radius 2 is 1.85 bits per heavy atom. The van der Waals surface area contributed by atoms with Crippen LogP contribution in [0, 0.1) is 18.6 Å². The van der Waals surface area contributed by atoms with Gasteiger partial charge in [-0.1, -0.05) is 12.1 Å². The molecule has 20 heavy (non-hydrogen) atoms. The third kappa shape index (κ3) is 2.88. The Kier molecular flexibility index (Phi) is 3.53. The average Bonchev–Trinajstić information content (AvgIpc) is 3.22. The minimum absolute atomic E-state index is 0.456. The summed E-state index contributed by atoms with van der Waals surface area (Å²) < 4.78 is 26.9. The van der Waals surface area contributed by atoms with E-state index in [1.54, 1.807) is 0 Å². The topological polar surface area (TPSA) is 12.0 Å². The summed E-state index contributed by atoms with van der Waals surface area (Å²) in [6.07, 6.45) is 2.48. The third-order valence-corrected chi connectivity index (χ3v) is 3.70. The predicted molar refractivity (Wildman–Crippen MR) is 76.4 cm³/mol. The molecule has 0 amide bonds. The van der Waals surface area contributed by atoms with Gasteiger partial charge in [0.25, 0.3) is 0 Å². The molecule has 1 fully saturated rings. The fraction of sp³-hybridized carbons (Fsp3) is 0.294. The molecule has 0 unspecified atom stereocenters. The fourth-order valence-corrected chi connectivity index (χ4v) is 2.33. The Morgan fingerprint density at radius 3 is 2.55 bits per heavy atom. The first kappa shape index (κ1) is 13.3. The number of hydrogen-bond donors (Lipinski definition) is 1. The quantitative estimate of drug-likeness (QED) is 0.880. The molecule has 104 valence electrons. The zero-order chi connectivity index (χ0) is 14.1. The highest BCUT2D eigenvalue weighted by molar-refractivity contribution is 5.68. The van der Waals surface area contributed by atoms with Crippen molar-refractivity contribution >= 4 is 0 Å². The largest absolute Gasteiger partial charge is 0.310 e. The number of rotatable bonds is 4. The van der Waals surface area contributed by atoms with Gasteiger partial charge in [-0.15, -0.1) is 0 Å². The molecule has 2 aromatic carbocycles. The van der Waals surface area contributed by atoms with Gasteiger partial charge in [-0.2, -0.15) is 0 Å². The SMILES string of the molecule is Cc1ccc(CNC2CC2)cc1-c1ccc(F)cc1F. The zero-order valence-electron chi connectivity index (χ0n) is 11.4. The lowest BCUT2D eigenvalue weighted by molar-refractivity contribution is 0.585. The van der Waals surface area contributed by atoms with Crippen LogP contribution in [0.4, 0.5) is 8.78 Å². The van der Waals surface area contributed by atoms with Crippen molar-refractivity contribution in [2.45, 2.75) is 32.4 Å². The first-order valence-electron chi connectivity index (χ1n) is 6.92. The van der Waals surface area contributed by atoms with Gasteiger partial charge in [0.05, 0.1) is 0 Å². The molecule has 3 heteroatoms. The summed E-state index contributed by atoms with van der Waals surface area (Å²) >= 11 is 0. The fourth-order valence-electron chi connectivity index (χ4n) is 2.33. The summed E-state index contributed by atoms with van der Waals surface area (Å²) in [5.41, 5.74) is 3.40. The second-order valence-corrected chi connectivity index (χ2v) is 5.43. The van der Waals surface area contributed by atoms with Crippen molar-refractivity contribution in [1.29, 1.82) is 0 Å². The maximum atomic E-state index is 13.9. The van der Waals surface area contributed by atoms with Gasteiger partial charge in [0, 0.05) is 24.2 Å². The summed E-state index contributed by atoms with van der Waals surface area (Å²) in [7, 11) is 0. The van der Waals surface area contributed by atoms with Gasteiger partial charge in [-0.25, -0.2) is 8.78 Å². The molecule has 1 saturated carbocycles. The standard InChI is InChI=1S/C17H17F2N/c1-11-2-3-12(10-20-14-5-6-14)8-16(11)15-7-4-13(18)9-17(15)19/h2-4,7-9,14,20H,5-6,10H2,1H3. The molecule has 0 saturated heterocycles. The van der Waals surface area contributed by atoms with Gasteiger partial charge in [0.1, 0.15) is 11.6 Å². The van der Waals surface area contributed by atoms with E-state index in [4.69, 9.17) is 0 Å². The lowest BCUT2D eigenvalue weighted by Crippen LogP contribution is -2.15. The van der Waals surface area contributed by atoms with E-state index in [0.29, 0.717) is 11.6 Å². The number of halogens is 2. The smallest absolute Gasteiger partial charge is 0.133 e. The van der Waals surface area contributed by atoms with Gasteiger partial charge in [-0.3, -0.25) is 0 Å². The predicted octanol–water partition coefficient (Wildman–Crippen LogP) is 4.19. The van der Waals surface area contributed by atoms with E-state index in [2.05, 4.69) is 11.4 Å². The van der Waals surface area contributed by atoms with Crippen molar-refractivity contribution in [2.24, 2.45) is 0 Å². The molecule has 1 aliphatic rings. The Bertz CT molecular complexity index is 633. The highest BCUT2D eigenvalue weighted by atomic mass is 19.1. The summed E-state index contributed by atoms with van der Waals surface area (Å²) in [6.45, 7) is 2.73. The molecule has 2 aromatic rings. The molecular formula is C17H17F2N. The van der Waals surface area contributed by atoms with Gasteiger partial charge < -0.3 is 5.32 Å². The van der Waals surface area contributed by atoms with Crippen LogP contribution in [-0.4, -0.2) is 6.04 Å². The normalized spacial score (nSPS) is 14.6. The summed E-state index contributed by atoms with van der Waals surface area (Å²) in [5.74, 6) is -1.06. The lowest BCUT2D eigenvalue weighted by Gasteiger charge is -2.11. The van der Waals surface area contributed by atoms with Crippen LogP contribution in [0.25, 0.3) is 11.1 Å². The number of nitrogens with one attached hydrogen (secondary N) is 1. The van der Waals surface area contributed by atoms with Crippen LogP contribution in [0.1, 0.15) is 24.0 Å². The van der Waals surface area contributed by atoms with Gasteiger partial charge in [0.2, 0.25) is 0 Å². The molecule has 1 nitrogen and oxygen atoms in total. The number of benzene rings is 2. The minimum Gasteiger partial charge on any atom is -0.310 e. The van der Waals surface area contributed by atoms with E-state index in [1.807, 2.05) is 19.1 Å². The maximum absolute atomic E-state index is 13.9. The molecular weight excluding hydrogens is 256 g/mol. The van der Waals surface area contributed by atoms with Crippen molar-refractivity contribution in [2.75, 3.05) is 0 Å². The average molecular weight is 273 g/mol. The number of aryl methyl sites for hydroxylation is 1. The van der Waals surface area contributed by atoms with Crippen LogP contribution < -0.4 is 5.32 Å². The Hall–Kier alpha value is -1.74. The summed E-state index contributed by atoms with van der Waals surface area (Å²) in [6, 6.07) is 10.4. The summed E-state index contributed by atoms with van der Waals surface area (Å²) in [4.78, 5) is 0. The van der Waals surface area contributed by atoms with E-state index in [0.717, 1.165) is 29.3 Å². The Balaban J connectivity index is 1.92. The van der Waals surface area contributed by atoms with Crippen molar-refractivity contribution < 1.29 is 8.78 Å². The first-order valence-corrected chi connectivity index (χ1v) is 6.92. The molecule has 3 rings (SSSR count). The van der Waals surface area contributed by atoms with Crippen molar-refractivity contribution in [1.82, 2.24) is 5.32 Å². The van der Waals surface area contributed by atoms with E-state index in [-0.39, 0.29) is 0 Å². The molecule has 0 atom stereocenters. The van der Waals surface area contributed by atoms with Crippen molar-refractivity contribution in [3.63, 3.8) is 0 Å². The molecule has 1 N–H and O–H groups in total. The van der Waals surface area contributed by atoms with Crippen molar-refractivity contribution in [3.8, 4) is 11.1 Å². The maximum Gasteiger partial charge on any atom is 0.133 e. The molecule has 0 spiro atoms. The minimum atomic E-state index is -0.546. The van der Waals surface area contributed by atoms with E-state index < -0.39 is 11.6 Å². The monoisotopic (exact) mass is 273 g/mol. The van der Waals surface area contributed by atoms with Gasteiger partial charge in [-0.05, 0) is 54.7 Å². The van der Waals surface area contributed by atoms with E-state index in [1.165, 1.54) is 25.0 Å². The van der Waals surface area contributed by atoms with Crippen molar-refractivity contribution in [3.05, 3.63) is 59.2 Å². The zero-order valence-corrected chi connectivity index (χ0v) is 11.4. The Labute approximate surface area is 117 Å². The van der Waals surface area contributed by atoms with Crippen LogP contribution in [0.15, 0.2) is 36.4 Å². The Morgan fingerprint density at radius 1 is 1.05 bits per heavy atom. The van der Waals surface area contributed by atoms with E-state index >= 15 is 0 Å². The van der Waals surface area contributed by atoms with Crippen LogP contribution in [0.5, 0.6) is 0 Å². The highest BCUT2D eigenvalue weighted by Gasteiger charge is 2.20.